The van der Waals surface area contributed by atoms with Crippen molar-refractivity contribution >= 4 is 5.97 Å². The van der Waals surface area contributed by atoms with E-state index in [1.54, 1.807) is 0 Å². The van der Waals surface area contributed by atoms with Crippen LogP contribution in [0.4, 0.5) is 0 Å². The van der Waals surface area contributed by atoms with Crippen molar-refractivity contribution < 1.29 is 9.53 Å². The van der Waals surface area contributed by atoms with Crippen LogP contribution in [-0.2, 0) is 9.53 Å². The van der Waals surface area contributed by atoms with E-state index in [4.69, 9.17) is 4.74 Å². The number of hydrogen-bond acceptors (Lipinski definition) is 2. The lowest BCUT2D eigenvalue weighted by Gasteiger charge is -2.47. The number of carbonyl (C=O) groups excluding carboxylic acids is 1. The van der Waals surface area contributed by atoms with Gasteiger partial charge in [0.2, 0.25) is 0 Å². The van der Waals surface area contributed by atoms with Crippen LogP contribution in [0, 0.1) is 46.8 Å². The van der Waals surface area contributed by atoms with E-state index >= 15 is 0 Å². The van der Waals surface area contributed by atoms with Crippen LogP contribution < -0.4 is 0 Å². The molecule has 104 valence electrons. The summed E-state index contributed by atoms with van der Waals surface area (Å²) < 4.78 is 4.95. The van der Waals surface area contributed by atoms with Crippen molar-refractivity contribution in [2.75, 3.05) is 7.11 Å². The molecule has 3 saturated carbocycles. The summed E-state index contributed by atoms with van der Waals surface area (Å²) in [6, 6.07) is 0. The lowest BCUT2D eigenvalue weighted by Crippen LogP contribution is -2.43. The summed E-state index contributed by atoms with van der Waals surface area (Å²) in [5, 5.41) is 0. The third-order valence-corrected chi connectivity index (χ3v) is 7.35. The van der Waals surface area contributed by atoms with Gasteiger partial charge in [-0.25, -0.2) is 0 Å². The van der Waals surface area contributed by atoms with Crippen LogP contribution >= 0.6 is 0 Å². The third-order valence-electron chi connectivity index (χ3n) is 7.35. The standard InChI is InChI=1S/C17H24O2/c1-9-12-7-13(17(9,2)8-14(18)19-3)16-11-5-4-10(6-11)15(12)16/h4-5,9-13,15-16H,6-8H2,1-3H3. The van der Waals surface area contributed by atoms with Gasteiger partial charge in [0, 0.05) is 0 Å². The Balaban J connectivity index is 1.67. The van der Waals surface area contributed by atoms with Crippen LogP contribution in [0.15, 0.2) is 12.2 Å². The Morgan fingerprint density at radius 3 is 2.63 bits per heavy atom. The van der Waals surface area contributed by atoms with Gasteiger partial charge in [0.15, 0.2) is 0 Å². The van der Waals surface area contributed by atoms with Crippen LogP contribution in [0.5, 0.6) is 0 Å². The zero-order chi connectivity index (χ0) is 13.4. The van der Waals surface area contributed by atoms with Gasteiger partial charge in [-0.2, -0.15) is 0 Å². The molecule has 19 heavy (non-hydrogen) atoms. The quantitative estimate of drug-likeness (QED) is 0.433. The SMILES string of the molecule is COC(=O)CC1(C)C(C)C2CC1C1C3C=CC(C3)C21. The highest BCUT2D eigenvalue weighted by molar-refractivity contribution is 5.70. The molecule has 8 atom stereocenters. The fourth-order valence-electron chi connectivity index (χ4n) is 6.42. The molecule has 0 aromatic heterocycles. The van der Waals surface area contributed by atoms with Gasteiger partial charge in [0.05, 0.1) is 13.5 Å². The summed E-state index contributed by atoms with van der Waals surface area (Å²) in [5.41, 5.74) is 0.178. The predicted molar refractivity (Wildman–Crippen MR) is 73.2 cm³/mol. The van der Waals surface area contributed by atoms with Gasteiger partial charge in [0.25, 0.3) is 0 Å². The Hall–Kier alpha value is -0.790. The first-order chi connectivity index (χ1) is 9.06. The van der Waals surface area contributed by atoms with E-state index in [2.05, 4.69) is 26.0 Å². The molecule has 4 aliphatic carbocycles. The smallest absolute Gasteiger partial charge is 0.306 e. The molecule has 4 aliphatic rings. The Bertz CT molecular complexity index is 454. The van der Waals surface area contributed by atoms with Crippen LogP contribution in [0.1, 0.15) is 33.1 Å². The summed E-state index contributed by atoms with van der Waals surface area (Å²) in [6.45, 7) is 4.74. The Morgan fingerprint density at radius 2 is 1.95 bits per heavy atom. The summed E-state index contributed by atoms with van der Waals surface area (Å²) >= 11 is 0. The summed E-state index contributed by atoms with van der Waals surface area (Å²) in [7, 11) is 1.52. The van der Waals surface area contributed by atoms with Gasteiger partial charge in [-0.3, -0.25) is 4.79 Å². The molecule has 2 heteroatoms. The van der Waals surface area contributed by atoms with Crippen LogP contribution in [0.3, 0.4) is 0 Å². The number of hydrogen-bond donors (Lipinski definition) is 0. The Morgan fingerprint density at radius 1 is 1.26 bits per heavy atom. The van der Waals surface area contributed by atoms with Crippen molar-refractivity contribution in [3.05, 3.63) is 12.2 Å². The van der Waals surface area contributed by atoms with E-state index in [0.29, 0.717) is 12.3 Å². The van der Waals surface area contributed by atoms with Crippen molar-refractivity contribution in [3.8, 4) is 0 Å². The number of allylic oxidation sites excluding steroid dienone is 2. The molecule has 0 aromatic carbocycles. The van der Waals surface area contributed by atoms with Crippen LogP contribution in [-0.4, -0.2) is 13.1 Å². The molecule has 0 heterocycles. The molecule has 0 saturated heterocycles. The lowest BCUT2D eigenvalue weighted by molar-refractivity contribution is -0.146. The molecule has 0 N–H and O–H groups in total. The summed E-state index contributed by atoms with van der Waals surface area (Å²) in [6.07, 6.45) is 8.32. The first-order valence-electron chi connectivity index (χ1n) is 7.81. The van der Waals surface area contributed by atoms with Gasteiger partial charge in [0.1, 0.15) is 0 Å². The predicted octanol–water partition coefficient (Wildman–Crippen LogP) is 3.28. The average molecular weight is 260 g/mol. The number of methoxy groups -OCH3 is 1. The second-order valence-electron chi connectivity index (χ2n) is 7.66. The second kappa shape index (κ2) is 3.65. The highest BCUT2D eigenvalue weighted by Gasteiger charge is 2.67. The Labute approximate surface area is 115 Å². The molecule has 8 unspecified atom stereocenters. The second-order valence-corrected chi connectivity index (χ2v) is 7.66. The van der Waals surface area contributed by atoms with Gasteiger partial charge in [-0.05, 0) is 59.7 Å². The van der Waals surface area contributed by atoms with Gasteiger partial charge < -0.3 is 4.74 Å². The first-order valence-corrected chi connectivity index (χ1v) is 7.81. The topological polar surface area (TPSA) is 26.3 Å². The molecule has 4 rings (SSSR count). The number of esters is 1. The maximum absolute atomic E-state index is 11.8. The monoisotopic (exact) mass is 260 g/mol. The van der Waals surface area contributed by atoms with Crippen LogP contribution in [0.2, 0.25) is 0 Å². The lowest BCUT2D eigenvalue weighted by atomic mass is 9.57. The first kappa shape index (κ1) is 12.0. The minimum Gasteiger partial charge on any atom is -0.469 e. The molecular weight excluding hydrogens is 236 g/mol. The minimum atomic E-state index is -0.0165. The normalized spacial score (nSPS) is 56.7. The van der Waals surface area contributed by atoms with Crippen molar-refractivity contribution in [2.45, 2.75) is 33.1 Å². The molecule has 4 bridgehead atoms. The van der Waals surface area contributed by atoms with Crippen molar-refractivity contribution in [1.29, 1.82) is 0 Å². The van der Waals surface area contributed by atoms with E-state index in [1.165, 1.54) is 20.0 Å². The molecule has 3 fully saturated rings. The molecule has 2 nitrogen and oxygen atoms in total. The summed E-state index contributed by atoms with van der Waals surface area (Å²) in [4.78, 5) is 11.8. The van der Waals surface area contributed by atoms with E-state index in [-0.39, 0.29) is 11.4 Å². The number of fused-ring (bicyclic) bond motifs is 9. The van der Waals surface area contributed by atoms with E-state index in [1.807, 2.05) is 0 Å². The Kier molecular flexibility index (Phi) is 2.30. The molecule has 0 radical (unpaired) electrons. The third kappa shape index (κ3) is 1.31. The van der Waals surface area contributed by atoms with Crippen molar-refractivity contribution in [3.63, 3.8) is 0 Å². The molecule has 0 amide bonds. The maximum Gasteiger partial charge on any atom is 0.306 e. The number of rotatable bonds is 2. The van der Waals surface area contributed by atoms with E-state index in [0.717, 1.165) is 35.5 Å². The molecule has 0 spiro atoms. The highest BCUT2D eigenvalue weighted by Crippen LogP contribution is 2.72. The van der Waals surface area contributed by atoms with E-state index in [9.17, 15) is 4.79 Å². The fourth-order valence-corrected chi connectivity index (χ4v) is 6.42. The molecule has 0 aromatic rings. The zero-order valence-corrected chi connectivity index (χ0v) is 12.1. The molecule has 0 aliphatic heterocycles. The largest absolute Gasteiger partial charge is 0.469 e. The van der Waals surface area contributed by atoms with Gasteiger partial charge in [-0.1, -0.05) is 26.0 Å². The van der Waals surface area contributed by atoms with Gasteiger partial charge >= 0.3 is 5.97 Å². The van der Waals surface area contributed by atoms with Crippen LogP contribution in [0.25, 0.3) is 0 Å². The zero-order valence-electron chi connectivity index (χ0n) is 12.1. The maximum atomic E-state index is 11.8. The van der Waals surface area contributed by atoms with Gasteiger partial charge in [-0.15, -0.1) is 0 Å². The van der Waals surface area contributed by atoms with E-state index < -0.39 is 0 Å². The fraction of sp³-hybridized carbons (Fsp3) is 0.824. The van der Waals surface area contributed by atoms with Crippen molar-refractivity contribution in [1.82, 2.24) is 0 Å². The number of carbonyl (C=O) groups is 1. The molecular formula is C17H24O2. The number of ether oxygens (including phenoxy) is 1. The minimum absolute atomic E-state index is 0.0165. The highest BCUT2D eigenvalue weighted by atomic mass is 16.5. The summed E-state index contributed by atoms with van der Waals surface area (Å²) in [5.74, 6) is 5.72. The van der Waals surface area contributed by atoms with Crippen molar-refractivity contribution in [2.24, 2.45) is 46.8 Å². The average Bonchev–Trinajstić information content (AvgIpc) is 3.10.